The zero-order valence-electron chi connectivity index (χ0n) is 11.1. The van der Waals surface area contributed by atoms with E-state index >= 15 is 0 Å². The molecule has 1 aromatic rings. The molecular formula is C13H24N2S. The zero-order valence-corrected chi connectivity index (χ0v) is 11.9. The number of thiazole rings is 1. The number of aromatic nitrogens is 1. The van der Waals surface area contributed by atoms with Crippen LogP contribution in [0.15, 0.2) is 5.38 Å². The molecule has 1 heterocycles. The minimum Gasteiger partial charge on any atom is -0.327 e. The van der Waals surface area contributed by atoms with Gasteiger partial charge in [-0.3, -0.25) is 0 Å². The minimum absolute atomic E-state index is 0.232. The molecule has 16 heavy (non-hydrogen) atoms. The van der Waals surface area contributed by atoms with E-state index in [1.807, 2.05) is 6.92 Å². The lowest BCUT2D eigenvalue weighted by Gasteiger charge is -2.29. The molecule has 92 valence electrons. The van der Waals surface area contributed by atoms with E-state index in [1.165, 1.54) is 0 Å². The number of hydrogen-bond acceptors (Lipinski definition) is 3. The van der Waals surface area contributed by atoms with Gasteiger partial charge in [0.1, 0.15) is 0 Å². The van der Waals surface area contributed by atoms with E-state index in [4.69, 9.17) is 5.73 Å². The fourth-order valence-corrected chi connectivity index (χ4v) is 2.29. The average molecular weight is 240 g/mol. The fraction of sp³-hybridized carbons (Fsp3) is 0.769. The number of nitrogens with two attached hydrogens (primary N) is 1. The van der Waals surface area contributed by atoms with Gasteiger partial charge in [0.05, 0.1) is 10.7 Å². The van der Waals surface area contributed by atoms with Crippen molar-refractivity contribution < 1.29 is 0 Å². The van der Waals surface area contributed by atoms with Crippen LogP contribution in [0.4, 0.5) is 0 Å². The predicted molar refractivity (Wildman–Crippen MR) is 71.8 cm³/mol. The summed E-state index contributed by atoms with van der Waals surface area (Å²) in [5.74, 6) is 0.641. The maximum atomic E-state index is 6.18. The summed E-state index contributed by atoms with van der Waals surface area (Å²) >= 11 is 1.70. The van der Waals surface area contributed by atoms with E-state index in [1.54, 1.807) is 11.3 Å². The molecule has 0 aliphatic rings. The van der Waals surface area contributed by atoms with Gasteiger partial charge in [0, 0.05) is 17.8 Å². The third-order valence-corrected chi connectivity index (χ3v) is 4.09. The van der Waals surface area contributed by atoms with E-state index in [0.717, 1.165) is 23.5 Å². The number of aryl methyl sites for hydroxylation is 1. The molecule has 2 unspecified atom stereocenters. The molecule has 1 aromatic heterocycles. The van der Waals surface area contributed by atoms with Crippen molar-refractivity contribution >= 4 is 11.3 Å². The van der Waals surface area contributed by atoms with Crippen molar-refractivity contribution in [2.24, 2.45) is 17.1 Å². The normalized spacial score (nSPS) is 16.1. The van der Waals surface area contributed by atoms with E-state index in [-0.39, 0.29) is 6.04 Å². The molecule has 2 N–H and O–H groups in total. The van der Waals surface area contributed by atoms with Gasteiger partial charge in [0.2, 0.25) is 0 Å². The first-order valence-electron chi connectivity index (χ1n) is 5.95. The van der Waals surface area contributed by atoms with Crippen LogP contribution in [0, 0.1) is 18.3 Å². The number of nitrogens with zero attached hydrogens (tertiary/aromatic N) is 1. The molecule has 0 saturated heterocycles. The summed E-state index contributed by atoms with van der Waals surface area (Å²) in [5.41, 5.74) is 7.67. The average Bonchev–Trinajstić information content (AvgIpc) is 2.49. The van der Waals surface area contributed by atoms with Crippen LogP contribution < -0.4 is 5.73 Å². The first kappa shape index (κ1) is 13.7. The highest BCUT2D eigenvalue weighted by molar-refractivity contribution is 7.09. The van der Waals surface area contributed by atoms with Gasteiger partial charge in [0.25, 0.3) is 0 Å². The molecule has 1 rings (SSSR count). The van der Waals surface area contributed by atoms with Gasteiger partial charge < -0.3 is 5.73 Å². The molecule has 0 aliphatic heterocycles. The van der Waals surface area contributed by atoms with Crippen LogP contribution in [-0.4, -0.2) is 11.0 Å². The lowest BCUT2D eigenvalue weighted by Crippen LogP contribution is -2.30. The van der Waals surface area contributed by atoms with Gasteiger partial charge in [-0.05, 0) is 24.7 Å². The lowest BCUT2D eigenvalue weighted by molar-refractivity contribution is 0.232. The van der Waals surface area contributed by atoms with Crippen molar-refractivity contribution in [2.45, 2.75) is 53.5 Å². The van der Waals surface area contributed by atoms with Gasteiger partial charge in [-0.15, -0.1) is 11.3 Å². The summed E-state index contributed by atoms with van der Waals surface area (Å²) in [6.07, 6.45) is 1.98. The van der Waals surface area contributed by atoms with Crippen molar-refractivity contribution in [3.8, 4) is 0 Å². The Hall–Kier alpha value is -0.410. The van der Waals surface area contributed by atoms with Crippen LogP contribution in [-0.2, 0) is 6.42 Å². The molecule has 0 aliphatic carbocycles. The molecule has 2 atom stereocenters. The topological polar surface area (TPSA) is 38.9 Å². The standard InChI is InChI=1S/C13H24N2S/c1-9(13(3,4)5)6-11(14)7-12-8-16-10(2)15-12/h8-9,11H,6-7,14H2,1-5H3. The summed E-state index contributed by atoms with van der Waals surface area (Å²) in [6, 6.07) is 0.232. The molecule has 3 heteroatoms. The molecule has 0 bridgehead atoms. The largest absolute Gasteiger partial charge is 0.327 e. The Morgan fingerprint density at radius 3 is 2.50 bits per heavy atom. The number of hydrogen-bond donors (Lipinski definition) is 1. The Morgan fingerprint density at radius 2 is 2.06 bits per heavy atom. The number of rotatable bonds is 4. The first-order valence-corrected chi connectivity index (χ1v) is 6.83. The van der Waals surface area contributed by atoms with Crippen molar-refractivity contribution in [1.82, 2.24) is 4.98 Å². The molecule has 0 saturated carbocycles. The second-order valence-electron chi connectivity index (χ2n) is 5.82. The monoisotopic (exact) mass is 240 g/mol. The molecule has 0 radical (unpaired) electrons. The Labute approximate surface area is 103 Å². The molecule has 0 spiro atoms. The van der Waals surface area contributed by atoms with Crippen LogP contribution in [0.2, 0.25) is 0 Å². The van der Waals surface area contributed by atoms with Gasteiger partial charge in [-0.25, -0.2) is 4.98 Å². The first-order chi connectivity index (χ1) is 7.29. The Balaban J connectivity index is 2.45. The highest BCUT2D eigenvalue weighted by Crippen LogP contribution is 2.29. The van der Waals surface area contributed by atoms with Crippen molar-refractivity contribution in [2.75, 3.05) is 0 Å². The Kier molecular flexibility index (Phi) is 4.51. The summed E-state index contributed by atoms with van der Waals surface area (Å²) in [4.78, 5) is 4.46. The second-order valence-corrected chi connectivity index (χ2v) is 6.89. The highest BCUT2D eigenvalue weighted by atomic mass is 32.1. The van der Waals surface area contributed by atoms with Crippen molar-refractivity contribution in [3.05, 3.63) is 16.1 Å². The van der Waals surface area contributed by atoms with Crippen molar-refractivity contribution in [1.29, 1.82) is 0 Å². The molecule has 0 amide bonds. The minimum atomic E-state index is 0.232. The molecule has 0 aromatic carbocycles. The lowest BCUT2D eigenvalue weighted by atomic mass is 9.78. The van der Waals surface area contributed by atoms with Crippen LogP contribution in [0.5, 0.6) is 0 Å². The maximum Gasteiger partial charge on any atom is 0.0897 e. The van der Waals surface area contributed by atoms with Crippen LogP contribution in [0.3, 0.4) is 0 Å². The fourth-order valence-electron chi connectivity index (χ4n) is 1.66. The van der Waals surface area contributed by atoms with Gasteiger partial charge in [0.15, 0.2) is 0 Å². The SMILES string of the molecule is Cc1nc(CC(N)CC(C)C(C)(C)C)cs1. The van der Waals surface area contributed by atoms with Crippen LogP contribution in [0.1, 0.15) is 44.8 Å². The van der Waals surface area contributed by atoms with Crippen LogP contribution in [0.25, 0.3) is 0 Å². The summed E-state index contributed by atoms with van der Waals surface area (Å²) in [7, 11) is 0. The van der Waals surface area contributed by atoms with Gasteiger partial charge in [-0.2, -0.15) is 0 Å². The van der Waals surface area contributed by atoms with E-state index in [0.29, 0.717) is 11.3 Å². The van der Waals surface area contributed by atoms with E-state index in [9.17, 15) is 0 Å². The second kappa shape index (κ2) is 5.28. The highest BCUT2D eigenvalue weighted by Gasteiger charge is 2.22. The maximum absolute atomic E-state index is 6.18. The van der Waals surface area contributed by atoms with E-state index in [2.05, 4.69) is 38.1 Å². The third-order valence-electron chi connectivity index (χ3n) is 3.27. The zero-order chi connectivity index (χ0) is 12.3. The Bertz CT molecular complexity index is 325. The quantitative estimate of drug-likeness (QED) is 0.876. The summed E-state index contributed by atoms with van der Waals surface area (Å²) in [6.45, 7) is 11.1. The van der Waals surface area contributed by atoms with Crippen LogP contribution >= 0.6 is 11.3 Å². The van der Waals surface area contributed by atoms with Gasteiger partial charge >= 0.3 is 0 Å². The predicted octanol–water partition coefficient (Wildman–Crippen LogP) is 3.39. The Morgan fingerprint density at radius 1 is 1.44 bits per heavy atom. The molecule has 2 nitrogen and oxygen atoms in total. The van der Waals surface area contributed by atoms with E-state index < -0.39 is 0 Å². The summed E-state index contributed by atoms with van der Waals surface area (Å²) in [5, 5.41) is 3.25. The smallest absolute Gasteiger partial charge is 0.0897 e. The molecular weight excluding hydrogens is 216 g/mol. The third kappa shape index (κ3) is 4.22. The molecule has 0 fully saturated rings. The van der Waals surface area contributed by atoms with Gasteiger partial charge in [-0.1, -0.05) is 27.7 Å². The summed E-state index contributed by atoms with van der Waals surface area (Å²) < 4.78 is 0. The van der Waals surface area contributed by atoms with Crippen molar-refractivity contribution in [3.63, 3.8) is 0 Å².